The summed E-state index contributed by atoms with van der Waals surface area (Å²) in [5.74, 6) is -1.14. The molecule has 22 heavy (non-hydrogen) atoms. The van der Waals surface area contributed by atoms with Crippen molar-refractivity contribution in [1.29, 1.82) is 0 Å². The number of anilines is 1. The van der Waals surface area contributed by atoms with Gasteiger partial charge in [0, 0.05) is 12.6 Å². The molecule has 1 unspecified atom stereocenters. The van der Waals surface area contributed by atoms with E-state index in [1.807, 2.05) is 0 Å². The van der Waals surface area contributed by atoms with Gasteiger partial charge < -0.3 is 10.1 Å². The molecule has 5 heteroatoms. The quantitative estimate of drug-likeness (QED) is 0.876. The van der Waals surface area contributed by atoms with E-state index < -0.39 is 12.1 Å². The van der Waals surface area contributed by atoms with E-state index in [4.69, 9.17) is 4.74 Å². The van der Waals surface area contributed by atoms with Crippen LogP contribution in [0.3, 0.4) is 0 Å². The lowest BCUT2D eigenvalue weighted by Gasteiger charge is -2.14. The average molecular weight is 301 g/mol. The maximum atomic E-state index is 13.2. The van der Waals surface area contributed by atoms with Crippen molar-refractivity contribution in [2.75, 3.05) is 5.32 Å². The topological polar surface area (TPSA) is 55.4 Å². The zero-order valence-electron chi connectivity index (χ0n) is 12.3. The van der Waals surface area contributed by atoms with Gasteiger partial charge in [-0.05, 0) is 42.8 Å². The maximum absolute atomic E-state index is 13.2. The Hall–Kier alpha value is -2.69. The first kappa shape index (κ1) is 15.7. The molecule has 2 rings (SSSR count). The van der Waals surface area contributed by atoms with Crippen molar-refractivity contribution in [3.8, 4) is 0 Å². The van der Waals surface area contributed by atoms with Crippen molar-refractivity contribution in [2.24, 2.45) is 0 Å². The number of halogens is 1. The second kappa shape index (κ2) is 6.85. The molecule has 0 saturated carbocycles. The summed E-state index contributed by atoms with van der Waals surface area (Å²) in [5, 5.41) is 2.60. The SMILES string of the molecule is CC(=O)Nc1cccc(C(=O)OC(C)c2cccc(F)c2)c1. The number of carbonyl (C=O) groups excluding carboxylic acids is 2. The molecule has 0 spiro atoms. The Labute approximate surface area is 127 Å². The van der Waals surface area contributed by atoms with Crippen LogP contribution in [0.1, 0.15) is 35.9 Å². The van der Waals surface area contributed by atoms with Gasteiger partial charge in [-0.3, -0.25) is 4.79 Å². The predicted molar refractivity (Wildman–Crippen MR) is 81.0 cm³/mol. The first-order chi connectivity index (χ1) is 10.5. The number of hydrogen-bond donors (Lipinski definition) is 1. The Morgan fingerprint density at radius 3 is 2.55 bits per heavy atom. The van der Waals surface area contributed by atoms with Crippen LogP contribution < -0.4 is 5.32 Å². The Balaban J connectivity index is 2.10. The minimum absolute atomic E-state index is 0.223. The Bertz CT molecular complexity index is 700. The highest BCUT2D eigenvalue weighted by molar-refractivity contribution is 5.93. The first-order valence-corrected chi connectivity index (χ1v) is 6.80. The summed E-state index contributed by atoms with van der Waals surface area (Å²) in [4.78, 5) is 23.1. The number of hydrogen-bond acceptors (Lipinski definition) is 3. The number of nitrogens with one attached hydrogen (secondary N) is 1. The molecule has 1 atom stereocenters. The fraction of sp³-hybridized carbons (Fsp3) is 0.176. The Morgan fingerprint density at radius 2 is 1.86 bits per heavy atom. The highest BCUT2D eigenvalue weighted by Crippen LogP contribution is 2.20. The van der Waals surface area contributed by atoms with E-state index in [2.05, 4.69) is 5.32 Å². The van der Waals surface area contributed by atoms with E-state index in [1.165, 1.54) is 25.1 Å². The highest BCUT2D eigenvalue weighted by atomic mass is 19.1. The van der Waals surface area contributed by atoms with E-state index in [0.717, 1.165) is 0 Å². The molecule has 0 fully saturated rings. The van der Waals surface area contributed by atoms with E-state index in [-0.39, 0.29) is 11.7 Å². The lowest BCUT2D eigenvalue weighted by atomic mass is 10.1. The van der Waals surface area contributed by atoms with Gasteiger partial charge in [-0.2, -0.15) is 0 Å². The second-order valence-corrected chi connectivity index (χ2v) is 4.86. The standard InChI is InChI=1S/C17H16FNO3/c1-11(13-5-3-7-15(18)9-13)22-17(21)14-6-4-8-16(10-14)19-12(2)20/h3-11H,1-2H3,(H,19,20). The second-order valence-electron chi connectivity index (χ2n) is 4.86. The van der Waals surface area contributed by atoms with E-state index in [0.29, 0.717) is 16.8 Å². The van der Waals surface area contributed by atoms with E-state index in [9.17, 15) is 14.0 Å². The summed E-state index contributed by atoms with van der Waals surface area (Å²) in [6.07, 6.45) is -0.576. The van der Waals surface area contributed by atoms with Crippen molar-refractivity contribution in [2.45, 2.75) is 20.0 Å². The molecule has 2 aromatic carbocycles. The fourth-order valence-electron chi connectivity index (χ4n) is 1.98. The van der Waals surface area contributed by atoms with E-state index >= 15 is 0 Å². The minimum Gasteiger partial charge on any atom is -0.454 e. The van der Waals surface area contributed by atoms with Crippen molar-refractivity contribution in [3.63, 3.8) is 0 Å². The molecular formula is C17H16FNO3. The smallest absolute Gasteiger partial charge is 0.338 e. The van der Waals surface area contributed by atoms with Gasteiger partial charge in [0.25, 0.3) is 0 Å². The highest BCUT2D eigenvalue weighted by Gasteiger charge is 2.14. The zero-order valence-corrected chi connectivity index (χ0v) is 12.3. The Morgan fingerprint density at radius 1 is 1.14 bits per heavy atom. The van der Waals surface area contributed by atoms with Crippen molar-refractivity contribution in [3.05, 3.63) is 65.5 Å². The molecule has 0 saturated heterocycles. The summed E-state index contributed by atoms with van der Waals surface area (Å²) < 4.78 is 18.5. The molecule has 0 bridgehead atoms. The van der Waals surface area contributed by atoms with Crippen molar-refractivity contribution >= 4 is 17.6 Å². The summed E-state index contributed by atoms with van der Waals surface area (Å²) >= 11 is 0. The van der Waals surface area contributed by atoms with Gasteiger partial charge in [0.15, 0.2) is 0 Å². The molecule has 114 valence electrons. The molecule has 4 nitrogen and oxygen atoms in total. The van der Waals surface area contributed by atoms with Gasteiger partial charge in [0.2, 0.25) is 5.91 Å². The minimum atomic E-state index is -0.576. The zero-order chi connectivity index (χ0) is 16.1. The number of rotatable bonds is 4. The molecule has 1 N–H and O–H groups in total. The van der Waals surface area contributed by atoms with Crippen LogP contribution in [-0.4, -0.2) is 11.9 Å². The number of benzene rings is 2. The third-order valence-corrected chi connectivity index (χ3v) is 3.02. The summed E-state index contributed by atoms with van der Waals surface area (Å²) in [6.45, 7) is 3.06. The van der Waals surface area contributed by atoms with Crippen LogP contribution in [0.4, 0.5) is 10.1 Å². The third-order valence-electron chi connectivity index (χ3n) is 3.02. The van der Waals surface area contributed by atoms with Crippen LogP contribution in [0.25, 0.3) is 0 Å². The molecule has 0 aliphatic heterocycles. The Kier molecular flexibility index (Phi) is 4.88. The number of carbonyl (C=O) groups is 2. The average Bonchev–Trinajstić information content (AvgIpc) is 2.46. The van der Waals surface area contributed by atoms with Crippen LogP contribution in [-0.2, 0) is 9.53 Å². The maximum Gasteiger partial charge on any atom is 0.338 e. The molecule has 0 heterocycles. The van der Waals surface area contributed by atoms with Crippen LogP contribution >= 0.6 is 0 Å². The van der Waals surface area contributed by atoms with Gasteiger partial charge in [0.1, 0.15) is 11.9 Å². The molecule has 2 aromatic rings. The summed E-state index contributed by atoms with van der Waals surface area (Å²) in [7, 11) is 0. The number of amides is 1. The van der Waals surface area contributed by atoms with Gasteiger partial charge in [-0.25, -0.2) is 9.18 Å². The lowest BCUT2D eigenvalue weighted by Crippen LogP contribution is -2.11. The lowest BCUT2D eigenvalue weighted by molar-refractivity contribution is -0.114. The summed E-state index contributed by atoms with van der Waals surface area (Å²) in [6, 6.07) is 12.3. The molecule has 0 aliphatic rings. The van der Waals surface area contributed by atoms with Crippen molar-refractivity contribution < 1.29 is 18.7 Å². The van der Waals surface area contributed by atoms with Gasteiger partial charge in [-0.15, -0.1) is 0 Å². The van der Waals surface area contributed by atoms with Gasteiger partial charge >= 0.3 is 5.97 Å². The molecule has 1 amide bonds. The van der Waals surface area contributed by atoms with E-state index in [1.54, 1.807) is 37.3 Å². The fourth-order valence-corrected chi connectivity index (χ4v) is 1.98. The molecule has 0 aliphatic carbocycles. The van der Waals surface area contributed by atoms with Crippen LogP contribution in [0.2, 0.25) is 0 Å². The molecular weight excluding hydrogens is 285 g/mol. The third kappa shape index (κ3) is 4.15. The normalized spacial score (nSPS) is 11.6. The largest absolute Gasteiger partial charge is 0.454 e. The van der Waals surface area contributed by atoms with Crippen LogP contribution in [0.5, 0.6) is 0 Å². The predicted octanol–water partition coefficient (Wildman–Crippen LogP) is 3.70. The van der Waals surface area contributed by atoms with Gasteiger partial charge in [0.05, 0.1) is 5.56 Å². The van der Waals surface area contributed by atoms with Crippen LogP contribution in [0, 0.1) is 5.82 Å². The summed E-state index contributed by atoms with van der Waals surface area (Å²) in [5.41, 5.74) is 1.40. The first-order valence-electron chi connectivity index (χ1n) is 6.80. The molecule has 0 radical (unpaired) electrons. The van der Waals surface area contributed by atoms with Crippen LogP contribution in [0.15, 0.2) is 48.5 Å². The van der Waals surface area contributed by atoms with Crippen molar-refractivity contribution in [1.82, 2.24) is 0 Å². The number of esters is 1. The molecule has 0 aromatic heterocycles. The monoisotopic (exact) mass is 301 g/mol. The van der Waals surface area contributed by atoms with Gasteiger partial charge in [-0.1, -0.05) is 18.2 Å². The number of ether oxygens (including phenoxy) is 1.